The van der Waals surface area contributed by atoms with Crippen molar-refractivity contribution in [3.8, 4) is 0 Å². The second kappa shape index (κ2) is 7.44. The molecule has 5 nitrogen and oxygen atoms in total. The third-order valence-electron chi connectivity index (χ3n) is 2.74. The minimum Gasteiger partial charge on any atom is -0.348 e. The van der Waals surface area contributed by atoms with Crippen molar-refractivity contribution >= 4 is 27.5 Å². The summed E-state index contributed by atoms with van der Waals surface area (Å²) in [5.74, 6) is -2.95. The molecule has 0 heterocycles. The van der Waals surface area contributed by atoms with Crippen LogP contribution in [0.4, 0.5) is 14.5 Å². The molecule has 116 valence electrons. The van der Waals surface area contributed by atoms with Crippen LogP contribution < -0.4 is 5.32 Å². The molecule has 1 atom stereocenters. The maximum absolute atomic E-state index is 13.9. The van der Waals surface area contributed by atoms with Crippen LogP contribution in [0.15, 0.2) is 12.1 Å². The number of nitrogens with zero attached hydrogens (tertiary/aromatic N) is 1. The molecule has 0 fully saturated rings. The third kappa shape index (κ3) is 4.73. The number of nitrogens with one attached hydrogen (secondary N) is 1. The fourth-order valence-electron chi connectivity index (χ4n) is 1.87. The van der Waals surface area contributed by atoms with Crippen LogP contribution >= 0.6 is 15.9 Å². The number of hydrogen-bond acceptors (Lipinski definition) is 3. The zero-order chi connectivity index (χ0) is 16.2. The SMILES string of the molecule is CC(C)CC(CBr)NC(=O)c1cc(F)cc([N+](=O)[O-])c1F. The topological polar surface area (TPSA) is 72.2 Å². The van der Waals surface area contributed by atoms with Crippen LogP contribution in [0.3, 0.4) is 0 Å². The third-order valence-corrected chi connectivity index (χ3v) is 3.52. The van der Waals surface area contributed by atoms with Crippen LogP contribution in [-0.2, 0) is 0 Å². The van der Waals surface area contributed by atoms with E-state index < -0.39 is 33.7 Å². The lowest BCUT2D eigenvalue weighted by Crippen LogP contribution is -2.37. The zero-order valence-electron chi connectivity index (χ0n) is 11.5. The van der Waals surface area contributed by atoms with Crippen LogP contribution in [0.1, 0.15) is 30.6 Å². The van der Waals surface area contributed by atoms with E-state index in [0.29, 0.717) is 29.8 Å². The monoisotopic (exact) mass is 364 g/mol. The summed E-state index contributed by atoms with van der Waals surface area (Å²) < 4.78 is 27.2. The van der Waals surface area contributed by atoms with E-state index in [-0.39, 0.29) is 6.04 Å². The molecule has 1 N–H and O–H groups in total. The predicted octanol–water partition coefficient (Wildman–Crippen LogP) is 3.41. The molecule has 0 saturated heterocycles. The number of rotatable bonds is 6. The van der Waals surface area contributed by atoms with Gasteiger partial charge in [-0.2, -0.15) is 4.39 Å². The van der Waals surface area contributed by atoms with E-state index in [9.17, 15) is 23.7 Å². The van der Waals surface area contributed by atoms with Gasteiger partial charge in [-0.05, 0) is 18.4 Å². The normalized spacial score (nSPS) is 12.3. The highest BCUT2D eigenvalue weighted by Gasteiger charge is 2.25. The van der Waals surface area contributed by atoms with E-state index in [1.165, 1.54) is 0 Å². The smallest absolute Gasteiger partial charge is 0.308 e. The fourth-order valence-corrected chi connectivity index (χ4v) is 2.29. The van der Waals surface area contributed by atoms with Crippen molar-refractivity contribution in [1.29, 1.82) is 0 Å². The molecule has 0 saturated carbocycles. The van der Waals surface area contributed by atoms with Gasteiger partial charge in [0.25, 0.3) is 5.91 Å². The predicted molar refractivity (Wildman–Crippen MR) is 77.5 cm³/mol. The molecule has 21 heavy (non-hydrogen) atoms. The molecule has 0 bridgehead atoms. The molecule has 0 aliphatic rings. The van der Waals surface area contributed by atoms with Gasteiger partial charge in [-0.1, -0.05) is 29.8 Å². The van der Waals surface area contributed by atoms with Crippen LogP contribution in [0.2, 0.25) is 0 Å². The quantitative estimate of drug-likeness (QED) is 0.477. The Morgan fingerprint density at radius 2 is 2.05 bits per heavy atom. The van der Waals surface area contributed by atoms with Gasteiger partial charge in [0, 0.05) is 11.4 Å². The summed E-state index contributed by atoms with van der Waals surface area (Å²) in [7, 11) is 0. The first-order chi connectivity index (χ1) is 9.76. The van der Waals surface area contributed by atoms with Gasteiger partial charge in [-0.3, -0.25) is 14.9 Å². The Morgan fingerprint density at radius 3 is 2.52 bits per heavy atom. The lowest BCUT2D eigenvalue weighted by molar-refractivity contribution is -0.387. The molecule has 0 aromatic heterocycles. The number of carbonyl (C=O) groups is 1. The number of benzene rings is 1. The summed E-state index contributed by atoms with van der Waals surface area (Å²) in [5.41, 5.74) is -1.73. The minimum atomic E-state index is -1.34. The maximum Gasteiger partial charge on any atom is 0.308 e. The van der Waals surface area contributed by atoms with Crippen molar-refractivity contribution in [3.05, 3.63) is 39.4 Å². The number of amides is 1. The molecule has 1 aromatic carbocycles. The van der Waals surface area contributed by atoms with Crippen LogP contribution in [0, 0.1) is 27.7 Å². The van der Waals surface area contributed by atoms with Crippen LogP contribution in [0.5, 0.6) is 0 Å². The first kappa shape index (κ1) is 17.5. The number of nitro groups is 1. The molecule has 1 amide bonds. The van der Waals surface area contributed by atoms with E-state index in [1.807, 2.05) is 13.8 Å². The maximum atomic E-state index is 13.9. The number of alkyl halides is 1. The van der Waals surface area contributed by atoms with Crippen LogP contribution in [0.25, 0.3) is 0 Å². The van der Waals surface area contributed by atoms with Gasteiger partial charge >= 0.3 is 5.69 Å². The standard InChI is InChI=1S/C13H15BrF2N2O3/c1-7(2)3-9(6-14)17-13(19)10-4-8(15)5-11(12(10)16)18(20)21/h4-5,7,9H,3,6H2,1-2H3,(H,17,19). The number of halogens is 3. The molecular weight excluding hydrogens is 350 g/mol. The first-order valence-corrected chi connectivity index (χ1v) is 7.38. The Morgan fingerprint density at radius 1 is 1.43 bits per heavy atom. The lowest BCUT2D eigenvalue weighted by atomic mass is 10.0. The molecule has 8 heteroatoms. The van der Waals surface area contributed by atoms with Gasteiger partial charge < -0.3 is 5.32 Å². The number of carbonyl (C=O) groups excluding carboxylic acids is 1. The highest BCUT2D eigenvalue weighted by Crippen LogP contribution is 2.22. The van der Waals surface area contributed by atoms with E-state index in [1.54, 1.807) is 0 Å². The van der Waals surface area contributed by atoms with E-state index in [2.05, 4.69) is 21.2 Å². The van der Waals surface area contributed by atoms with Gasteiger partial charge in [0.1, 0.15) is 5.82 Å². The minimum absolute atomic E-state index is 0.278. The molecule has 0 spiro atoms. The largest absolute Gasteiger partial charge is 0.348 e. The molecule has 0 aliphatic heterocycles. The van der Waals surface area contributed by atoms with Crippen molar-refractivity contribution in [2.75, 3.05) is 5.33 Å². The average Bonchev–Trinajstić information content (AvgIpc) is 2.39. The zero-order valence-corrected chi connectivity index (χ0v) is 13.1. The molecule has 1 aromatic rings. The average molecular weight is 365 g/mol. The molecule has 0 radical (unpaired) electrons. The van der Waals surface area contributed by atoms with Crippen molar-refractivity contribution in [3.63, 3.8) is 0 Å². The Balaban J connectivity index is 3.04. The molecular formula is C13H15BrF2N2O3. The van der Waals surface area contributed by atoms with Crippen molar-refractivity contribution in [2.24, 2.45) is 5.92 Å². The second-order valence-electron chi connectivity index (χ2n) is 5.00. The number of hydrogen-bond donors (Lipinski definition) is 1. The molecule has 0 aliphatic carbocycles. The van der Waals surface area contributed by atoms with Gasteiger partial charge in [0.2, 0.25) is 5.82 Å². The molecule has 1 rings (SSSR count). The Hall–Kier alpha value is -1.57. The summed E-state index contributed by atoms with van der Waals surface area (Å²) in [6.45, 7) is 3.91. The van der Waals surface area contributed by atoms with Crippen molar-refractivity contribution < 1.29 is 18.5 Å². The summed E-state index contributed by atoms with van der Waals surface area (Å²) in [6.07, 6.45) is 0.635. The van der Waals surface area contributed by atoms with Gasteiger partial charge in [0.05, 0.1) is 16.6 Å². The molecule has 1 unspecified atom stereocenters. The second-order valence-corrected chi connectivity index (χ2v) is 5.65. The Labute approximate surface area is 129 Å². The van der Waals surface area contributed by atoms with Gasteiger partial charge in [-0.25, -0.2) is 4.39 Å². The highest BCUT2D eigenvalue weighted by molar-refractivity contribution is 9.09. The summed E-state index contributed by atoms with van der Waals surface area (Å²) in [4.78, 5) is 21.6. The van der Waals surface area contributed by atoms with E-state index >= 15 is 0 Å². The van der Waals surface area contributed by atoms with Crippen molar-refractivity contribution in [2.45, 2.75) is 26.3 Å². The summed E-state index contributed by atoms with van der Waals surface area (Å²) in [5, 5.41) is 13.6. The van der Waals surface area contributed by atoms with Crippen molar-refractivity contribution in [1.82, 2.24) is 5.32 Å². The Bertz CT molecular complexity index is 552. The summed E-state index contributed by atoms with van der Waals surface area (Å²) in [6, 6.07) is 0.819. The first-order valence-electron chi connectivity index (χ1n) is 6.26. The number of nitro benzene ring substituents is 1. The Kier molecular flexibility index (Phi) is 6.19. The fraction of sp³-hybridized carbons (Fsp3) is 0.462. The highest BCUT2D eigenvalue weighted by atomic mass is 79.9. The van der Waals surface area contributed by atoms with E-state index in [0.717, 1.165) is 0 Å². The van der Waals surface area contributed by atoms with E-state index in [4.69, 9.17) is 0 Å². The summed E-state index contributed by atoms with van der Waals surface area (Å²) >= 11 is 3.23. The van der Waals surface area contributed by atoms with Gasteiger partial charge in [-0.15, -0.1) is 0 Å². The lowest BCUT2D eigenvalue weighted by Gasteiger charge is -2.18. The van der Waals surface area contributed by atoms with Gasteiger partial charge in [0.15, 0.2) is 0 Å². The van der Waals surface area contributed by atoms with Crippen LogP contribution in [-0.4, -0.2) is 22.2 Å².